The first-order valence-corrected chi connectivity index (χ1v) is 6.47. The number of carbonyl (C=O) groups excluding carboxylic acids is 1. The summed E-state index contributed by atoms with van der Waals surface area (Å²) in [7, 11) is 0. The molecular weight excluding hydrogens is 228 g/mol. The van der Waals surface area contributed by atoms with E-state index in [1.165, 1.54) is 0 Å². The number of carbonyl (C=O) groups is 1. The number of rotatable bonds is 5. The van der Waals surface area contributed by atoms with Crippen molar-refractivity contribution >= 4 is 5.91 Å². The SMILES string of the molecule is CCCC(N)CC(=O)NC1COc2ccccc21. The number of hydrogen-bond acceptors (Lipinski definition) is 3. The third-order valence-electron chi connectivity index (χ3n) is 3.14. The van der Waals surface area contributed by atoms with Gasteiger partial charge < -0.3 is 15.8 Å². The lowest BCUT2D eigenvalue weighted by molar-refractivity contribution is -0.122. The van der Waals surface area contributed by atoms with Gasteiger partial charge in [0.1, 0.15) is 12.4 Å². The smallest absolute Gasteiger partial charge is 0.222 e. The molecule has 1 heterocycles. The molecule has 98 valence electrons. The summed E-state index contributed by atoms with van der Waals surface area (Å²) in [6.45, 7) is 2.58. The fraction of sp³-hybridized carbons (Fsp3) is 0.500. The highest BCUT2D eigenvalue weighted by Crippen LogP contribution is 2.31. The second-order valence-corrected chi connectivity index (χ2v) is 4.72. The number of para-hydroxylation sites is 1. The van der Waals surface area contributed by atoms with Crippen LogP contribution >= 0.6 is 0 Å². The Hall–Kier alpha value is -1.55. The van der Waals surface area contributed by atoms with Gasteiger partial charge in [0, 0.05) is 18.0 Å². The van der Waals surface area contributed by atoms with E-state index in [0.29, 0.717) is 13.0 Å². The molecule has 0 saturated carbocycles. The second-order valence-electron chi connectivity index (χ2n) is 4.72. The van der Waals surface area contributed by atoms with Gasteiger partial charge in [-0.3, -0.25) is 4.79 Å². The number of nitrogens with two attached hydrogens (primary N) is 1. The van der Waals surface area contributed by atoms with Crippen molar-refractivity contribution in [3.05, 3.63) is 29.8 Å². The average Bonchev–Trinajstić information content (AvgIpc) is 2.73. The first-order valence-electron chi connectivity index (χ1n) is 6.47. The van der Waals surface area contributed by atoms with Crippen LogP contribution < -0.4 is 15.8 Å². The van der Waals surface area contributed by atoms with E-state index in [1.807, 2.05) is 24.3 Å². The van der Waals surface area contributed by atoms with Gasteiger partial charge in [0.05, 0.1) is 6.04 Å². The predicted molar refractivity (Wildman–Crippen MR) is 70.3 cm³/mol. The van der Waals surface area contributed by atoms with E-state index in [0.717, 1.165) is 24.2 Å². The molecule has 1 aliphatic heterocycles. The Bertz CT molecular complexity index is 420. The van der Waals surface area contributed by atoms with Crippen LogP contribution in [0.1, 0.15) is 37.8 Å². The summed E-state index contributed by atoms with van der Waals surface area (Å²) >= 11 is 0. The molecule has 4 nitrogen and oxygen atoms in total. The van der Waals surface area contributed by atoms with Gasteiger partial charge in [0.25, 0.3) is 0 Å². The van der Waals surface area contributed by atoms with Crippen molar-refractivity contribution in [1.82, 2.24) is 5.32 Å². The summed E-state index contributed by atoms with van der Waals surface area (Å²) in [5, 5.41) is 2.98. The maximum Gasteiger partial charge on any atom is 0.222 e. The van der Waals surface area contributed by atoms with Crippen LogP contribution in [0.3, 0.4) is 0 Å². The summed E-state index contributed by atoms with van der Waals surface area (Å²) in [6, 6.07) is 7.70. The van der Waals surface area contributed by atoms with E-state index in [9.17, 15) is 4.79 Å². The van der Waals surface area contributed by atoms with Crippen molar-refractivity contribution in [2.75, 3.05) is 6.61 Å². The van der Waals surface area contributed by atoms with Gasteiger partial charge >= 0.3 is 0 Å². The van der Waals surface area contributed by atoms with Crippen LogP contribution in [0.4, 0.5) is 0 Å². The maximum atomic E-state index is 11.8. The van der Waals surface area contributed by atoms with E-state index in [4.69, 9.17) is 10.5 Å². The molecule has 1 aliphatic rings. The zero-order chi connectivity index (χ0) is 13.0. The third kappa shape index (κ3) is 3.01. The average molecular weight is 248 g/mol. The standard InChI is InChI=1S/C14H20N2O2/c1-2-5-10(15)8-14(17)16-12-9-18-13-7-4-3-6-11(12)13/h3-4,6-7,10,12H,2,5,8-9,15H2,1H3,(H,16,17). The fourth-order valence-electron chi connectivity index (χ4n) is 2.25. The molecule has 1 aromatic rings. The van der Waals surface area contributed by atoms with Gasteiger partial charge in [0.15, 0.2) is 0 Å². The minimum Gasteiger partial charge on any atom is -0.491 e. The molecule has 0 fully saturated rings. The van der Waals surface area contributed by atoms with Crippen molar-refractivity contribution in [1.29, 1.82) is 0 Å². The Morgan fingerprint density at radius 3 is 3.11 bits per heavy atom. The Labute approximate surface area is 108 Å². The van der Waals surface area contributed by atoms with Gasteiger partial charge in [-0.15, -0.1) is 0 Å². The van der Waals surface area contributed by atoms with Crippen LogP contribution in [0.15, 0.2) is 24.3 Å². The van der Waals surface area contributed by atoms with Crippen LogP contribution in [0.25, 0.3) is 0 Å². The highest BCUT2D eigenvalue weighted by atomic mass is 16.5. The van der Waals surface area contributed by atoms with E-state index >= 15 is 0 Å². The van der Waals surface area contributed by atoms with Crippen LogP contribution in [0, 0.1) is 0 Å². The number of nitrogens with one attached hydrogen (secondary N) is 1. The summed E-state index contributed by atoms with van der Waals surface area (Å²) in [6.07, 6.45) is 2.27. The normalized spacial score (nSPS) is 18.9. The quantitative estimate of drug-likeness (QED) is 0.834. The summed E-state index contributed by atoms with van der Waals surface area (Å²) in [5.41, 5.74) is 6.91. The molecule has 0 radical (unpaired) electrons. The summed E-state index contributed by atoms with van der Waals surface area (Å²) in [5.74, 6) is 0.863. The molecule has 2 atom stereocenters. The second kappa shape index (κ2) is 5.87. The Balaban J connectivity index is 1.89. The van der Waals surface area contributed by atoms with Crippen molar-refractivity contribution in [2.24, 2.45) is 5.73 Å². The molecule has 1 amide bonds. The van der Waals surface area contributed by atoms with Crippen LogP contribution in [0.2, 0.25) is 0 Å². The van der Waals surface area contributed by atoms with Crippen LogP contribution in [-0.4, -0.2) is 18.6 Å². The largest absolute Gasteiger partial charge is 0.491 e. The third-order valence-corrected chi connectivity index (χ3v) is 3.14. The molecule has 0 aromatic heterocycles. The van der Waals surface area contributed by atoms with Crippen molar-refractivity contribution in [3.63, 3.8) is 0 Å². The Morgan fingerprint density at radius 2 is 2.33 bits per heavy atom. The molecular formula is C14H20N2O2. The van der Waals surface area contributed by atoms with E-state index in [2.05, 4.69) is 12.2 Å². The number of ether oxygens (including phenoxy) is 1. The lowest BCUT2D eigenvalue weighted by atomic mass is 10.1. The minimum absolute atomic E-state index is 0.00116. The van der Waals surface area contributed by atoms with Crippen molar-refractivity contribution in [3.8, 4) is 5.75 Å². The van der Waals surface area contributed by atoms with Gasteiger partial charge in [-0.2, -0.15) is 0 Å². The lowest BCUT2D eigenvalue weighted by Crippen LogP contribution is -2.34. The monoisotopic (exact) mass is 248 g/mol. The van der Waals surface area contributed by atoms with Crippen molar-refractivity contribution < 1.29 is 9.53 Å². The molecule has 1 aromatic carbocycles. The van der Waals surface area contributed by atoms with E-state index < -0.39 is 0 Å². The number of hydrogen-bond donors (Lipinski definition) is 2. The molecule has 18 heavy (non-hydrogen) atoms. The minimum atomic E-state index is -0.0486. The van der Waals surface area contributed by atoms with Gasteiger partial charge in [-0.1, -0.05) is 31.5 Å². The van der Waals surface area contributed by atoms with Gasteiger partial charge in [-0.05, 0) is 12.5 Å². The zero-order valence-electron chi connectivity index (χ0n) is 10.7. The first-order chi connectivity index (χ1) is 8.70. The number of amides is 1. The van der Waals surface area contributed by atoms with E-state index in [-0.39, 0.29) is 18.0 Å². The Morgan fingerprint density at radius 1 is 1.56 bits per heavy atom. The highest BCUT2D eigenvalue weighted by molar-refractivity contribution is 5.77. The van der Waals surface area contributed by atoms with Crippen LogP contribution in [0.5, 0.6) is 5.75 Å². The number of benzene rings is 1. The van der Waals surface area contributed by atoms with Crippen molar-refractivity contribution in [2.45, 2.75) is 38.3 Å². The summed E-state index contributed by atoms with van der Waals surface area (Å²) < 4.78 is 5.52. The highest BCUT2D eigenvalue weighted by Gasteiger charge is 2.25. The van der Waals surface area contributed by atoms with E-state index in [1.54, 1.807) is 0 Å². The van der Waals surface area contributed by atoms with Gasteiger partial charge in [-0.25, -0.2) is 0 Å². The first kappa shape index (κ1) is 12.9. The maximum absolute atomic E-state index is 11.8. The number of fused-ring (bicyclic) bond motifs is 1. The fourth-order valence-corrected chi connectivity index (χ4v) is 2.25. The molecule has 2 unspecified atom stereocenters. The Kier molecular flexibility index (Phi) is 4.20. The molecule has 0 bridgehead atoms. The van der Waals surface area contributed by atoms with Crippen LogP contribution in [-0.2, 0) is 4.79 Å². The molecule has 0 spiro atoms. The molecule has 2 rings (SSSR count). The molecule has 4 heteroatoms. The molecule has 0 aliphatic carbocycles. The zero-order valence-corrected chi connectivity index (χ0v) is 10.7. The summed E-state index contributed by atoms with van der Waals surface area (Å²) in [4.78, 5) is 11.8. The topological polar surface area (TPSA) is 64.4 Å². The van der Waals surface area contributed by atoms with Gasteiger partial charge in [0.2, 0.25) is 5.91 Å². The molecule has 0 saturated heterocycles. The molecule has 3 N–H and O–H groups in total. The predicted octanol–water partition coefficient (Wildman–Crippen LogP) is 1.75. The lowest BCUT2D eigenvalue weighted by Gasteiger charge is -2.14.